The summed E-state index contributed by atoms with van der Waals surface area (Å²) in [5.41, 5.74) is 0.514. The van der Waals surface area contributed by atoms with E-state index < -0.39 is 0 Å². The molecule has 0 amide bonds. The Kier molecular flexibility index (Phi) is 4.38. The van der Waals surface area contributed by atoms with Gasteiger partial charge in [-0.2, -0.15) is 0 Å². The number of methoxy groups -OCH3 is 1. The zero-order valence-corrected chi connectivity index (χ0v) is 10.6. The van der Waals surface area contributed by atoms with Gasteiger partial charge in [0.15, 0.2) is 0 Å². The Morgan fingerprint density at radius 1 is 1.33 bits per heavy atom. The highest BCUT2D eigenvalue weighted by Gasteiger charge is 2.16. The van der Waals surface area contributed by atoms with E-state index in [-0.39, 0.29) is 5.78 Å². The minimum absolute atomic E-state index is 0.127. The number of carbonyl (C=O) groups excluding carboxylic acids is 1. The van der Waals surface area contributed by atoms with Crippen LogP contribution in [-0.2, 0) is 4.74 Å². The van der Waals surface area contributed by atoms with Gasteiger partial charge in [-0.25, -0.2) is 0 Å². The fraction of sp³-hybridized carbons (Fsp3) is 0.250. The summed E-state index contributed by atoms with van der Waals surface area (Å²) in [6.45, 7) is 0.881. The zero-order valence-electron chi connectivity index (χ0n) is 9.83. The Morgan fingerprint density at radius 3 is 2.89 bits per heavy atom. The van der Waals surface area contributed by atoms with Gasteiger partial charge in [0, 0.05) is 7.11 Å². The van der Waals surface area contributed by atoms with Gasteiger partial charge in [0.2, 0.25) is 5.78 Å². The van der Waals surface area contributed by atoms with Crippen molar-refractivity contribution in [1.29, 1.82) is 0 Å². The Bertz CT molecular complexity index is 514. The normalized spacial score (nSPS) is 10.3. The molecular formula is C12H12N2O3S. The van der Waals surface area contributed by atoms with E-state index in [1.54, 1.807) is 25.3 Å². The van der Waals surface area contributed by atoms with Crippen molar-refractivity contribution < 1.29 is 14.3 Å². The number of ether oxygens (including phenoxy) is 2. The summed E-state index contributed by atoms with van der Waals surface area (Å²) < 4.78 is 14.1. The lowest BCUT2D eigenvalue weighted by molar-refractivity contribution is 0.103. The molecule has 0 aliphatic heterocycles. The average Bonchev–Trinajstić information content (AvgIpc) is 2.93. The molecule has 1 aromatic heterocycles. The Morgan fingerprint density at radius 2 is 2.17 bits per heavy atom. The van der Waals surface area contributed by atoms with Gasteiger partial charge >= 0.3 is 0 Å². The van der Waals surface area contributed by atoms with E-state index >= 15 is 0 Å². The van der Waals surface area contributed by atoms with Crippen molar-refractivity contribution in [3.63, 3.8) is 0 Å². The van der Waals surface area contributed by atoms with Crippen LogP contribution < -0.4 is 4.74 Å². The molecule has 5 nitrogen and oxygen atoms in total. The number of ketones is 1. The molecule has 0 aliphatic carbocycles. The molecular weight excluding hydrogens is 252 g/mol. The third-order valence-corrected chi connectivity index (χ3v) is 2.93. The Labute approximate surface area is 109 Å². The van der Waals surface area contributed by atoms with Gasteiger partial charge in [-0.1, -0.05) is 16.6 Å². The van der Waals surface area contributed by atoms with Crippen molar-refractivity contribution in [2.45, 2.75) is 0 Å². The number of nitrogens with zero attached hydrogens (tertiary/aromatic N) is 2. The topological polar surface area (TPSA) is 61.3 Å². The monoisotopic (exact) mass is 264 g/mol. The molecule has 18 heavy (non-hydrogen) atoms. The summed E-state index contributed by atoms with van der Waals surface area (Å²) in [4.78, 5) is 12.7. The molecule has 0 radical (unpaired) electrons. The summed E-state index contributed by atoms with van der Waals surface area (Å²) in [5.74, 6) is 0.422. The van der Waals surface area contributed by atoms with Gasteiger partial charge in [-0.3, -0.25) is 4.79 Å². The average molecular weight is 264 g/mol. The summed E-state index contributed by atoms with van der Waals surface area (Å²) in [5, 5.41) is 3.66. The fourth-order valence-electron chi connectivity index (χ4n) is 1.41. The lowest BCUT2D eigenvalue weighted by atomic mass is 10.1. The zero-order chi connectivity index (χ0) is 12.8. The lowest BCUT2D eigenvalue weighted by Crippen LogP contribution is -2.08. The van der Waals surface area contributed by atoms with Gasteiger partial charge in [0.25, 0.3) is 0 Å². The first-order valence-electron chi connectivity index (χ1n) is 5.35. The lowest BCUT2D eigenvalue weighted by Gasteiger charge is -2.09. The third-order valence-electron chi connectivity index (χ3n) is 2.26. The van der Waals surface area contributed by atoms with Crippen molar-refractivity contribution >= 4 is 17.3 Å². The molecule has 6 heteroatoms. The van der Waals surface area contributed by atoms with E-state index in [0.717, 1.165) is 11.5 Å². The predicted octanol–water partition coefficient (Wildman–Crippen LogP) is 1.79. The highest BCUT2D eigenvalue weighted by atomic mass is 32.1. The van der Waals surface area contributed by atoms with Gasteiger partial charge in [-0.05, 0) is 23.7 Å². The molecule has 0 N–H and O–H groups in total. The van der Waals surface area contributed by atoms with Crippen LogP contribution in [0.2, 0.25) is 0 Å². The van der Waals surface area contributed by atoms with Gasteiger partial charge in [0.1, 0.15) is 17.2 Å². The van der Waals surface area contributed by atoms with Crippen LogP contribution in [0.1, 0.15) is 15.2 Å². The number of para-hydroxylation sites is 1. The number of benzene rings is 1. The number of rotatable bonds is 6. The summed E-state index contributed by atoms with van der Waals surface area (Å²) in [6.07, 6.45) is 1.46. The molecule has 1 heterocycles. The maximum absolute atomic E-state index is 12.2. The van der Waals surface area contributed by atoms with Crippen molar-refractivity contribution in [2.24, 2.45) is 0 Å². The number of carbonyl (C=O) groups is 1. The quantitative estimate of drug-likeness (QED) is 0.588. The molecule has 0 saturated carbocycles. The van der Waals surface area contributed by atoms with E-state index in [0.29, 0.717) is 29.4 Å². The smallest absolute Gasteiger partial charge is 0.209 e. The van der Waals surface area contributed by atoms with E-state index in [1.807, 2.05) is 6.07 Å². The van der Waals surface area contributed by atoms with Crippen molar-refractivity contribution in [3.8, 4) is 5.75 Å². The Balaban J connectivity index is 2.19. The molecule has 1 aromatic carbocycles. The van der Waals surface area contributed by atoms with Crippen molar-refractivity contribution in [1.82, 2.24) is 9.59 Å². The molecule has 0 saturated heterocycles. The minimum atomic E-state index is -0.127. The molecule has 0 bridgehead atoms. The molecule has 94 valence electrons. The standard InChI is InChI=1S/C12H12N2O3S/c1-16-6-7-17-10-5-3-2-4-9(10)12(15)11-8-13-14-18-11/h2-5,8H,6-7H2,1H3. The number of hydrogen-bond acceptors (Lipinski definition) is 6. The SMILES string of the molecule is COCCOc1ccccc1C(=O)c1cnns1. The second-order valence-electron chi connectivity index (χ2n) is 3.45. The van der Waals surface area contributed by atoms with Crippen LogP contribution in [-0.4, -0.2) is 35.7 Å². The van der Waals surface area contributed by atoms with E-state index in [2.05, 4.69) is 9.59 Å². The van der Waals surface area contributed by atoms with Gasteiger partial charge in [-0.15, -0.1) is 5.10 Å². The van der Waals surface area contributed by atoms with Crippen LogP contribution in [0.15, 0.2) is 30.5 Å². The molecule has 2 aromatic rings. The van der Waals surface area contributed by atoms with Gasteiger partial charge in [0.05, 0.1) is 18.4 Å². The molecule has 0 spiro atoms. The minimum Gasteiger partial charge on any atom is -0.490 e. The summed E-state index contributed by atoms with van der Waals surface area (Å²) >= 11 is 1.07. The highest BCUT2D eigenvalue weighted by Crippen LogP contribution is 2.22. The first-order valence-corrected chi connectivity index (χ1v) is 6.13. The summed E-state index contributed by atoms with van der Waals surface area (Å²) in [7, 11) is 1.60. The van der Waals surface area contributed by atoms with E-state index in [9.17, 15) is 4.79 Å². The highest BCUT2D eigenvalue weighted by molar-refractivity contribution is 7.08. The molecule has 0 unspecified atom stereocenters. The maximum atomic E-state index is 12.2. The van der Waals surface area contributed by atoms with Crippen LogP contribution in [0.25, 0.3) is 0 Å². The molecule has 0 aliphatic rings. The van der Waals surface area contributed by atoms with Crippen molar-refractivity contribution in [3.05, 3.63) is 40.9 Å². The van der Waals surface area contributed by atoms with Crippen LogP contribution in [0.5, 0.6) is 5.75 Å². The maximum Gasteiger partial charge on any atom is 0.209 e. The van der Waals surface area contributed by atoms with Crippen LogP contribution in [0.4, 0.5) is 0 Å². The van der Waals surface area contributed by atoms with Crippen molar-refractivity contribution in [2.75, 3.05) is 20.3 Å². The Hall–Kier alpha value is -1.79. The number of aromatic nitrogens is 2. The van der Waals surface area contributed by atoms with Gasteiger partial charge < -0.3 is 9.47 Å². The summed E-state index contributed by atoms with van der Waals surface area (Å²) in [6, 6.07) is 7.11. The third kappa shape index (κ3) is 2.91. The fourth-order valence-corrected chi connectivity index (χ4v) is 1.88. The van der Waals surface area contributed by atoms with E-state index in [4.69, 9.17) is 9.47 Å². The van der Waals surface area contributed by atoms with E-state index in [1.165, 1.54) is 6.20 Å². The predicted molar refractivity (Wildman–Crippen MR) is 67.2 cm³/mol. The number of hydrogen-bond donors (Lipinski definition) is 0. The molecule has 2 rings (SSSR count). The van der Waals surface area contributed by atoms with Crippen LogP contribution in [0.3, 0.4) is 0 Å². The molecule has 0 fully saturated rings. The first kappa shape index (κ1) is 12.7. The first-order chi connectivity index (χ1) is 8.83. The van der Waals surface area contributed by atoms with Crippen LogP contribution in [0, 0.1) is 0 Å². The second-order valence-corrected chi connectivity index (χ2v) is 4.23. The molecule has 0 atom stereocenters. The largest absolute Gasteiger partial charge is 0.490 e. The second kappa shape index (κ2) is 6.23. The van der Waals surface area contributed by atoms with Crippen LogP contribution >= 0.6 is 11.5 Å².